The number of aryl methyl sites for hydroxylation is 1. The third-order valence-electron chi connectivity index (χ3n) is 4.28. The summed E-state index contributed by atoms with van der Waals surface area (Å²) >= 11 is 0. The van der Waals surface area contributed by atoms with Gasteiger partial charge in [0, 0.05) is 32.1 Å². The summed E-state index contributed by atoms with van der Waals surface area (Å²) in [6.45, 7) is 3.84. The first-order valence-corrected chi connectivity index (χ1v) is 8.45. The standard InChI is InChI=1S/C16H21N5O4/c1-2-4-12-7-13(18-25-12)15(22)20-6-3-5-11(8-20)9-21-10-14(16(23)24)17-19-21/h7,10-11H,2-6,8-9H2,1H3,(H,23,24). The molecule has 1 amide bonds. The molecule has 1 saturated heterocycles. The summed E-state index contributed by atoms with van der Waals surface area (Å²) in [5.74, 6) is -0.299. The zero-order valence-corrected chi connectivity index (χ0v) is 14.1. The third kappa shape index (κ3) is 4.04. The lowest BCUT2D eigenvalue weighted by atomic mass is 9.97. The van der Waals surface area contributed by atoms with Crippen LogP contribution in [0.5, 0.6) is 0 Å². The van der Waals surface area contributed by atoms with Crippen LogP contribution in [-0.2, 0) is 13.0 Å². The molecule has 1 atom stereocenters. The minimum atomic E-state index is -1.10. The molecule has 9 nitrogen and oxygen atoms in total. The number of likely N-dealkylation sites (tertiary alicyclic amines) is 1. The number of hydrogen-bond acceptors (Lipinski definition) is 6. The fourth-order valence-corrected chi connectivity index (χ4v) is 3.09. The van der Waals surface area contributed by atoms with Crippen LogP contribution in [0.15, 0.2) is 16.8 Å². The maximum Gasteiger partial charge on any atom is 0.358 e. The molecule has 1 aliphatic rings. The number of nitrogens with zero attached hydrogens (tertiary/aromatic N) is 5. The Labute approximate surface area is 144 Å². The smallest absolute Gasteiger partial charge is 0.358 e. The highest BCUT2D eigenvalue weighted by Crippen LogP contribution is 2.20. The lowest BCUT2D eigenvalue weighted by Crippen LogP contribution is -2.41. The second kappa shape index (κ2) is 7.45. The molecule has 0 saturated carbocycles. The summed E-state index contributed by atoms with van der Waals surface area (Å²) in [6, 6.07) is 1.71. The minimum Gasteiger partial charge on any atom is -0.476 e. The first kappa shape index (κ1) is 17.1. The van der Waals surface area contributed by atoms with E-state index in [0.717, 1.165) is 31.4 Å². The van der Waals surface area contributed by atoms with Gasteiger partial charge in [0.2, 0.25) is 0 Å². The van der Waals surface area contributed by atoms with Crippen LogP contribution in [0.1, 0.15) is 52.9 Å². The van der Waals surface area contributed by atoms with E-state index in [2.05, 4.69) is 15.5 Å². The average Bonchev–Trinajstić information content (AvgIpc) is 3.24. The Kier molecular flexibility index (Phi) is 5.11. The summed E-state index contributed by atoms with van der Waals surface area (Å²) in [7, 11) is 0. The van der Waals surface area contributed by atoms with Crippen molar-refractivity contribution in [2.45, 2.75) is 39.2 Å². The Morgan fingerprint density at radius 1 is 1.40 bits per heavy atom. The van der Waals surface area contributed by atoms with E-state index < -0.39 is 5.97 Å². The van der Waals surface area contributed by atoms with E-state index in [1.807, 2.05) is 6.92 Å². The SMILES string of the molecule is CCCc1cc(C(=O)N2CCCC(Cn3cc(C(=O)O)nn3)C2)no1. The number of amides is 1. The van der Waals surface area contributed by atoms with E-state index in [-0.39, 0.29) is 17.5 Å². The van der Waals surface area contributed by atoms with Gasteiger partial charge in [-0.05, 0) is 25.2 Å². The fourth-order valence-electron chi connectivity index (χ4n) is 3.09. The molecule has 134 valence electrons. The van der Waals surface area contributed by atoms with Gasteiger partial charge < -0.3 is 14.5 Å². The number of carbonyl (C=O) groups excluding carboxylic acids is 1. The number of carboxylic acid groups (broad SMARTS) is 1. The zero-order valence-electron chi connectivity index (χ0n) is 14.1. The van der Waals surface area contributed by atoms with Crippen molar-refractivity contribution >= 4 is 11.9 Å². The van der Waals surface area contributed by atoms with Gasteiger partial charge in [0.15, 0.2) is 11.4 Å². The highest BCUT2D eigenvalue weighted by Gasteiger charge is 2.27. The van der Waals surface area contributed by atoms with E-state index in [1.54, 1.807) is 11.0 Å². The predicted octanol–water partition coefficient (Wildman–Crippen LogP) is 1.47. The molecule has 0 bridgehead atoms. The van der Waals surface area contributed by atoms with Gasteiger partial charge in [0.05, 0.1) is 6.20 Å². The van der Waals surface area contributed by atoms with Crippen LogP contribution in [0.2, 0.25) is 0 Å². The number of aromatic nitrogens is 4. The topological polar surface area (TPSA) is 114 Å². The maximum atomic E-state index is 12.6. The van der Waals surface area contributed by atoms with Crippen LogP contribution in [0, 0.1) is 5.92 Å². The van der Waals surface area contributed by atoms with Crippen molar-refractivity contribution in [3.8, 4) is 0 Å². The van der Waals surface area contributed by atoms with Crippen LogP contribution in [0.3, 0.4) is 0 Å². The maximum absolute atomic E-state index is 12.6. The second-order valence-electron chi connectivity index (χ2n) is 6.32. The van der Waals surface area contributed by atoms with E-state index in [1.165, 1.54) is 10.9 Å². The highest BCUT2D eigenvalue weighted by atomic mass is 16.5. The quantitative estimate of drug-likeness (QED) is 0.841. The molecule has 3 rings (SSSR count). The molecule has 0 radical (unpaired) electrons. The summed E-state index contributed by atoms with van der Waals surface area (Å²) in [6.07, 6.45) is 4.95. The first-order chi connectivity index (χ1) is 12.1. The Morgan fingerprint density at radius 3 is 2.96 bits per heavy atom. The van der Waals surface area contributed by atoms with Gasteiger partial charge in [-0.2, -0.15) is 0 Å². The average molecular weight is 347 g/mol. The van der Waals surface area contributed by atoms with Crippen molar-refractivity contribution in [1.29, 1.82) is 0 Å². The predicted molar refractivity (Wildman–Crippen MR) is 86.1 cm³/mol. The summed E-state index contributed by atoms with van der Waals surface area (Å²) < 4.78 is 6.71. The molecular formula is C16H21N5O4. The molecule has 1 aliphatic heterocycles. The van der Waals surface area contributed by atoms with Gasteiger partial charge >= 0.3 is 5.97 Å². The van der Waals surface area contributed by atoms with Crippen LogP contribution in [-0.4, -0.2) is 55.1 Å². The van der Waals surface area contributed by atoms with Crippen molar-refractivity contribution in [3.05, 3.63) is 29.4 Å². The van der Waals surface area contributed by atoms with E-state index in [0.29, 0.717) is 25.3 Å². The lowest BCUT2D eigenvalue weighted by molar-refractivity contribution is 0.0648. The van der Waals surface area contributed by atoms with Crippen molar-refractivity contribution < 1.29 is 19.2 Å². The van der Waals surface area contributed by atoms with Gasteiger partial charge in [-0.3, -0.25) is 9.48 Å². The summed E-state index contributed by atoms with van der Waals surface area (Å²) in [5, 5.41) is 20.2. The molecule has 2 aromatic rings. The zero-order chi connectivity index (χ0) is 17.8. The third-order valence-corrected chi connectivity index (χ3v) is 4.28. The number of carbonyl (C=O) groups is 2. The van der Waals surface area contributed by atoms with Gasteiger partial charge in [-0.25, -0.2) is 4.79 Å². The van der Waals surface area contributed by atoms with Gasteiger partial charge in [-0.1, -0.05) is 17.3 Å². The van der Waals surface area contributed by atoms with Crippen LogP contribution >= 0.6 is 0 Å². The molecule has 2 aromatic heterocycles. The summed E-state index contributed by atoms with van der Waals surface area (Å²) in [4.78, 5) is 25.2. The Balaban J connectivity index is 1.61. The Bertz CT molecular complexity index is 753. The molecule has 0 aromatic carbocycles. The van der Waals surface area contributed by atoms with E-state index in [9.17, 15) is 9.59 Å². The highest BCUT2D eigenvalue weighted by molar-refractivity contribution is 5.92. The molecule has 0 spiro atoms. The van der Waals surface area contributed by atoms with Crippen molar-refractivity contribution in [1.82, 2.24) is 25.1 Å². The van der Waals surface area contributed by atoms with Crippen molar-refractivity contribution in [3.63, 3.8) is 0 Å². The second-order valence-corrected chi connectivity index (χ2v) is 6.32. The molecular weight excluding hydrogens is 326 g/mol. The number of hydrogen-bond donors (Lipinski definition) is 1. The Hall–Kier alpha value is -2.71. The fraction of sp³-hybridized carbons (Fsp3) is 0.562. The largest absolute Gasteiger partial charge is 0.476 e. The number of rotatable bonds is 6. The van der Waals surface area contributed by atoms with Crippen LogP contribution in [0.4, 0.5) is 0 Å². The van der Waals surface area contributed by atoms with Crippen molar-refractivity contribution in [2.24, 2.45) is 5.92 Å². The van der Waals surface area contributed by atoms with Gasteiger partial charge in [-0.15, -0.1) is 5.10 Å². The molecule has 1 unspecified atom stereocenters. The van der Waals surface area contributed by atoms with Gasteiger partial charge in [0.25, 0.3) is 5.91 Å². The summed E-state index contributed by atoms with van der Waals surface area (Å²) in [5.41, 5.74) is 0.271. The van der Waals surface area contributed by atoms with Crippen molar-refractivity contribution in [2.75, 3.05) is 13.1 Å². The molecule has 1 fully saturated rings. The van der Waals surface area contributed by atoms with Gasteiger partial charge in [0.1, 0.15) is 5.76 Å². The molecule has 9 heteroatoms. The molecule has 1 N–H and O–H groups in total. The monoisotopic (exact) mass is 347 g/mol. The van der Waals surface area contributed by atoms with E-state index >= 15 is 0 Å². The molecule has 3 heterocycles. The number of carboxylic acids is 1. The number of piperidine rings is 1. The molecule has 25 heavy (non-hydrogen) atoms. The minimum absolute atomic E-state index is 0.0743. The normalized spacial score (nSPS) is 17.6. The van der Waals surface area contributed by atoms with Crippen LogP contribution < -0.4 is 0 Å². The first-order valence-electron chi connectivity index (χ1n) is 8.45. The van der Waals surface area contributed by atoms with Crippen LogP contribution in [0.25, 0.3) is 0 Å². The Morgan fingerprint density at radius 2 is 2.24 bits per heavy atom. The lowest BCUT2D eigenvalue weighted by Gasteiger charge is -2.32. The van der Waals surface area contributed by atoms with E-state index in [4.69, 9.17) is 9.63 Å². The molecule has 0 aliphatic carbocycles. The number of aromatic carboxylic acids is 1.